The Kier molecular flexibility index (Phi) is 3.77. The summed E-state index contributed by atoms with van der Waals surface area (Å²) in [4.78, 5) is 11.1. The van der Waals surface area contributed by atoms with Gasteiger partial charge in [-0.05, 0) is 18.1 Å². The first-order valence-corrected chi connectivity index (χ1v) is 5.57. The zero-order valence-electron chi connectivity index (χ0n) is 9.74. The molecule has 0 radical (unpaired) electrons. The highest BCUT2D eigenvalue weighted by Crippen LogP contribution is 2.28. The first-order valence-electron chi connectivity index (χ1n) is 5.19. The van der Waals surface area contributed by atoms with E-state index < -0.39 is 11.7 Å². The molecule has 20 heavy (non-hydrogen) atoms. The summed E-state index contributed by atoms with van der Waals surface area (Å²) in [6, 6.07) is 1.69. The molecule has 0 aliphatic carbocycles. The standard InChI is InChI=1S/C12H6ClF3N4/c13-10-9(11(17)20-6-19-10)2-1-8-5-7(3-4-18-8)12(14,15)16/h3-6H,(H2,17,19,20). The third-order valence-corrected chi connectivity index (χ3v) is 2.52. The van der Waals surface area contributed by atoms with Gasteiger partial charge in [0.15, 0.2) is 0 Å². The molecule has 0 bridgehead atoms. The fourth-order valence-electron chi connectivity index (χ4n) is 1.29. The average Bonchev–Trinajstić information content (AvgIpc) is 2.37. The minimum absolute atomic E-state index is 0.0250. The van der Waals surface area contributed by atoms with Gasteiger partial charge in [-0.15, -0.1) is 0 Å². The Morgan fingerprint density at radius 1 is 1.15 bits per heavy atom. The SMILES string of the molecule is Nc1ncnc(Cl)c1C#Cc1cc(C(F)(F)F)ccn1. The van der Waals surface area contributed by atoms with Gasteiger partial charge in [0.1, 0.15) is 28.6 Å². The van der Waals surface area contributed by atoms with E-state index in [1.165, 1.54) is 0 Å². The smallest absolute Gasteiger partial charge is 0.383 e. The molecule has 0 aromatic carbocycles. The lowest BCUT2D eigenvalue weighted by Crippen LogP contribution is -2.05. The summed E-state index contributed by atoms with van der Waals surface area (Å²) in [5, 5.41) is 0.0250. The summed E-state index contributed by atoms with van der Waals surface area (Å²) in [6.45, 7) is 0. The van der Waals surface area contributed by atoms with Crippen molar-refractivity contribution in [1.29, 1.82) is 0 Å². The molecule has 2 rings (SSSR count). The van der Waals surface area contributed by atoms with Gasteiger partial charge in [0, 0.05) is 6.20 Å². The molecule has 0 fully saturated rings. The summed E-state index contributed by atoms with van der Waals surface area (Å²) < 4.78 is 37.6. The second-order valence-corrected chi connectivity index (χ2v) is 3.96. The van der Waals surface area contributed by atoms with Gasteiger partial charge in [0.05, 0.1) is 5.56 Å². The molecular formula is C12H6ClF3N4. The number of rotatable bonds is 0. The molecule has 0 spiro atoms. The van der Waals surface area contributed by atoms with E-state index in [1.807, 2.05) is 0 Å². The van der Waals surface area contributed by atoms with Crippen molar-refractivity contribution in [3.05, 3.63) is 46.6 Å². The molecular weight excluding hydrogens is 293 g/mol. The normalized spacial score (nSPS) is 10.8. The van der Waals surface area contributed by atoms with Crippen LogP contribution in [0.1, 0.15) is 16.8 Å². The predicted octanol–water partition coefficient (Wildman–Crippen LogP) is 2.53. The lowest BCUT2D eigenvalue weighted by molar-refractivity contribution is -0.137. The van der Waals surface area contributed by atoms with E-state index in [-0.39, 0.29) is 22.2 Å². The molecule has 0 aliphatic rings. The molecule has 2 aromatic heterocycles. The Morgan fingerprint density at radius 3 is 2.55 bits per heavy atom. The molecule has 2 aromatic rings. The fourth-order valence-corrected chi connectivity index (χ4v) is 1.48. The van der Waals surface area contributed by atoms with Crippen LogP contribution in [0.15, 0.2) is 24.7 Å². The van der Waals surface area contributed by atoms with E-state index >= 15 is 0 Å². The Labute approximate surface area is 116 Å². The Morgan fingerprint density at radius 2 is 1.90 bits per heavy atom. The van der Waals surface area contributed by atoms with Crippen molar-refractivity contribution in [2.24, 2.45) is 0 Å². The van der Waals surface area contributed by atoms with Crippen LogP contribution in [0.25, 0.3) is 0 Å². The maximum absolute atomic E-state index is 12.5. The number of nitrogen functional groups attached to an aromatic ring is 1. The monoisotopic (exact) mass is 298 g/mol. The van der Waals surface area contributed by atoms with Crippen LogP contribution < -0.4 is 5.73 Å². The van der Waals surface area contributed by atoms with Gasteiger partial charge in [-0.25, -0.2) is 15.0 Å². The van der Waals surface area contributed by atoms with Gasteiger partial charge < -0.3 is 5.73 Å². The number of pyridine rings is 1. The highest BCUT2D eigenvalue weighted by Gasteiger charge is 2.30. The van der Waals surface area contributed by atoms with Crippen LogP contribution in [-0.2, 0) is 6.18 Å². The first kappa shape index (κ1) is 14.1. The summed E-state index contributed by atoms with van der Waals surface area (Å²) >= 11 is 5.77. The van der Waals surface area contributed by atoms with E-state index in [0.717, 1.165) is 24.7 Å². The minimum Gasteiger partial charge on any atom is -0.383 e. The van der Waals surface area contributed by atoms with Gasteiger partial charge in [-0.3, -0.25) is 0 Å². The first-order chi connectivity index (χ1) is 9.38. The molecule has 2 N–H and O–H groups in total. The van der Waals surface area contributed by atoms with Crippen molar-refractivity contribution in [2.75, 3.05) is 5.73 Å². The lowest BCUT2D eigenvalue weighted by atomic mass is 10.2. The third-order valence-electron chi connectivity index (χ3n) is 2.23. The van der Waals surface area contributed by atoms with E-state index in [4.69, 9.17) is 17.3 Å². The van der Waals surface area contributed by atoms with Crippen molar-refractivity contribution >= 4 is 17.4 Å². The third kappa shape index (κ3) is 3.16. The number of aromatic nitrogens is 3. The highest BCUT2D eigenvalue weighted by atomic mass is 35.5. The molecule has 0 atom stereocenters. The Bertz CT molecular complexity index is 684. The molecule has 0 amide bonds. The molecule has 0 saturated heterocycles. The summed E-state index contributed by atoms with van der Waals surface area (Å²) in [7, 11) is 0. The summed E-state index contributed by atoms with van der Waals surface area (Å²) in [5.41, 5.74) is 4.80. The maximum atomic E-state index is 12.5. The number of nitrogens with zero attached hydrogens (tertiary/aromatic N) is 3. The molecule has 0 unspecified atom stereocenters. The Hall–Kier alpha value is -2.33. The molecule has 0 aliphatic heterocycles. The summed E-state index contributed by atoms with van der Waals surface area (Å²) in [5.74, 6) is 5.01. The van der Waals surface area contributed by atoms with Crippen LogP contribution >= 0.6 is 11.6 Å². The number of halogens is 4. The van der Waals surface area contributed by atoms with Crippen LogP contribution in [0.2, 0.25) is 5.15 Å². The van der Waals surface area contributed by atoms with Crippen molar-refractivity contribution in [1.82, 2.24) is 15.0 Å². The van der Waals surface area contributed by atoms with Gasteiger partial charge in [-0.1, -0.05) is 17.5 Å². The van der Waals surface area contributed by atoms with E-state index in [9.17, 15) is 13.2 Å². The van der Waals surface area contributed by atoms with Crippen LogP contribution in [0.4, 0.5) is 19.0 Å². The van der Waals surface area contributed by atoms with Crippen molar-refractivity contribution in [3.63, 3.8) is 0 Å². The van der Waals surface area contributed by atoms with Crippen molar-refractivity contribution in [3.8, 4) is 11.8 Å². The van der Waals surface area contributed by atoms with Crippen LogP contribution in [0.3, 0.4) is 0 Å². The van der Waals surface area contributed by atoms with Gasteiger partial charge in [0.25, 0.3) is 0 Å². The highest BCUT2D eigenvalue weighted by molar-refractivity contribution is 6.30. The lowest BCUT2D eigenvalue weighted by Gasteiger charge is -2.05. The summed E-state index contributed by atoms with van der Waals surface area (Å²) in [6.07, 6.45) is -2.27. The minimum atomic E-state index is -4.45. The second-order valence-electron chi connectivity index (χ2n) is 3.60. The number of anilines is 1. The van der Waals surface area contributed by atoms with Gasteiger partial charge >= 0.3 is 6.18 Å². The van der Waals surface area contributed by atoms with Crippen LogP contribution in [0.5, 0.6) is 0 Å². The Balaban J connectivity index is 2.39. The average molecular weight is 299 g/mol. The van der Waals surface area contributed by atoms with Crippen LogP contribution in [-0.4, -0.2) is 15.0 Å². The topological polar surface area (TPSA) is 64.7 Å². The van der Waals surface area contributed by atoms with Gasteiger partial charge in [0.2, 0.25) is 0 Å². The number of nitrogens with two attached hydrogens (primary N) is 1. The zero-order valence-corrected chi connectivity index (χ0v) is 10.5. The maximum Gasteiger partial charge on any atom is 0.416 e. The van der Waals surface area contributed by atoms with Crippen molar-refractivity contribution < 1.29 is 13.2 Å². The van der Waals surface area contributed by atoms with E-state index in [2.05, 4.69) is 26.8 Å². The van der Waals surface area contributed by atoms with E-state index in [1.54, 1.807) is 0 Å². The number of alkyl halides is 3. The molecule has 4 nitrogen and oxygen atoms in total. The molecule has 2 heterocycles. The quantitative estimate of drug-likeness (QED) is 0.599. The largest absolute Gasteiger partial charge is 0.416 e. The van der Waals surface area contributed by atoms with Crippen LogP contribution in [0, 0.1) is 11.8 Å². The molecule has 0 saturated carbocycles. The van der Waals surface area contributed by atoms with E-state index in [0.29, 0.717) is 0 Å². The molecule has 8 heteroatoms. The predicted molar refractivity (Wildman–Crippen MR) is 66.7 cm³/mol. The number of hydrogen-bond donors (Lipinski definition) is 1. The van der Waals surface area contributed by atoms with Crippen molar-refractivity contribution in [2.45, 2.75) is 6.18 Å². The zero-order chi connectivity index (χ0) is 14.8. The molecule has 102 valence electrons. The van der Waals surface area contributed by atoms with Gasteiger partial charge in [-0.2, -0.15) is 13.2 Å². The number of hydrogen-bond acceptors (Lipinski definition) is 4. The fraction of sp³-hybridized carbons (Fsp3) is 0.0833. The second kappa shape index (κ2) is 5.35.